The molecule has 8 heteroatoms. The number of anilines is 1. The second kappa shape index (κ2) is 5.69. The summed E-state index contributed by atoms with van der Waals surface area (Å²) < 4.78 is 15.0. The fourth-order valence-corrected chi connectivity index (χ4v) is 2.56. The van der Waals surface area contributed by atoms with Crippen molar-refractivity contribution in [3.05, 3.63) is 41.2 Å². The maximum Gasteiger partial charge on any atom is 0.319 e. The highest BCUT2D eigenvalue weighted by Gasteiger charge is 2.21. The molecule has 0 saturated carbocycles. The number of amides is 2. The summed E-state index contributed by atoms with van der Waals surface area (Å²) >= 11 is 5.74. The molecule has 0 saturated heterocycles. The summed E-state index contributed by atoms with van der Waals surface area (Å²) in [5.41, 5.74) is 0.315. The van der Waals surface area contributed by atoms with Gasteiger partial charge in [-0.2, -0.15) is 5.10 Å². The number of urea groups is 1. The van der Waals surface area contributed by atoms with Crippen molar-refractivity contribution in [2.24, 2.45) is 0 Å². The molecule has 21 heavy (non-hydrogen) atoms. The Balaban J connectivity index is 1.60. The van der Waals surface area contributed by atoms with Crippen LogP contribution >= 0.6 is 11.6 Å². The molecule has 1 aromatic heterocycles. The first-order valence-corrected chi connectivity index (χ1v) is 6.88. The summed E-state index contributed by atoms with van der Waals surface area (Å²) in [6, 6.07) is 3.44. The van der Waals surface area contributed by atoms with Gasteiger partial charge in [-0.15, -0.1) is 0 Å². The summed E-state index contributed by atoms with van der Waals surface area (Å²) in [5.74, 6) is 0.424. The van der Waals surface area contributed by atoms with E-state index in [4.69, 9.17) is 11.6 Å². The maximum absolute atomic E-state index is 13.2. The maximum atomic E-state index is 13.2. The molecule has 2 N–H and O–H groups in total. The highest BCUT2D eigenvalue weighted by molar-refractivity contribution is 6.30. The van der Waals surface area contributed by atoms with E-state index in [0.717, 1.165) is 18.7 Å². The van der Waals surface area contributed by atoms with Crippen LogP contribution in [0.5, 0.6) is 0 Å². The number of aromatic nitrogens is 3. The van der Waals surface area contributed by atoms with Gasteiger partial charge < -0.3 is 10.6 Å². The molecule has 1 aliphatic rings. The molecule has 3 rings (SSSR count). The first-order chi connectivity index (χ1) is 10.1. The average molecular weight is 310 g/mol. The third-order valence-electron chi connectivity index (χ3n) is 3.26. The summed E-state index contributed by atoms with van der Waals surface area (Å²) in [6.45, 7) is 0.576. The molecule has 2 amide bonds. The molecule has 0 bridgehead atoms. The molecule has 0 radical (unpaired) electrons. The SMILES string of the molecule is O=C(Nc1cc(F)cc(Cl)c1)NC1CCc2ncnn2C1. The molecule has 0 aliphatic carbocycles. The van der Waals surface area contributed by atoms with Gasteiger partial charge in [0, 0.05) is 17.1 Å². The number of hydrogen-bond donors (Lipinski definition) is 2. The molecule has 1 unspecified atom stereocenters. The molecule has 6 nitrogen and oxygen atoms in total. The number of carbonyl (C=O) groups is 1. The van der Waals surface area contributed by atoms with Crippen molar-refractivity contribution in [1.82, 2.24) is 20.1 Å². The Morgan fingerprint density at radius 2 is 2.29 bits per heavy atom. The van der Waals surface area contributed by atoms with Crippen molar-refractivity contribution < 1.29 is 9.18 Å². The molecule has 2 aromatic rings. The normalized spacial score (nSPS) is 17.1. The quantitative estimate of drug-likeness (QED) is 0.893. The zero-order valence-electron chi connectivity index (χ0n) is 11.0. The van der Waals surface area contributed by atoms with E-state index < -0.39 is 11.8 Å². The Morgan fingerprint density at radius 3 is 3.10 bits per heavy atom. The fraction of sp³-hybridized carbons (Fsp3) is 0.308. The number of hydrogen-bond acceptors (Lipinski definition) is 3. The third kappa shape index (κ3) is 3.30. The van der Waals surface area contributed by atoms with Gasteiger partial charge in [0.2, 0.25) is 0 Å². The minimum atomic E-state index is -0.497. The van der Waals surface area contributed by atoms with Crippen LogP contribution in [0.25, 0.3) is 0 Å². The molecule has 0 spiro atoms. The van der Waals surface area contributed by atoms with Crippen LogP contribution < -0.4 is 10.6 Å². The minimum Gasteiger partial charge on any atom is -0.333 e. The molecule has 110 valence electrons. The number of nitrogens with zero attached hydrogens (tertiary/aromatic N) is 3. The Hall–Kier alpha value is -2.15. The van der Waals surface area contributed by atoms with Crippen LogP contribution in [0.15, 0.2) is 24.5 Å². The van der Waals surface area contributed by atoms with E-state index in [2.05, 4.69) is 20.7 Å². The highest BCUT2D eigenvalue weighted by Crippen LogP contribution is 2.18. The summed E-state index contributed by atoms with van der Waals surface area (Å²) in [6.07, 6.45) is 3.05. The van der Waals surface area contributed by atoms with Crippen LogP contribution in [0, 0.1) is 5.82 Å². The van der Waals surface area contributed by atoms with Gasteiger partial charge >= 0.3 is 6.03 Å². The van der Waals surface area contributed by atoms with Gasteiger partial charge in [0.15, 0.2) is 0 Å². The number of rotatable bonds is 2. The second-order valence-electron chi connectivity index (χ2n) is 4.85. The number of nitrogens with one attached hydrogen (secondary N) is 2. The third-order valence-corrected chi connectivity index (χ3v) is 3.48. The Labute approximate surface area is 125 Å². The number of fused-ring (bicyclic) bond motifs is 1. The van der Waals surface area contributed by atoms with Gasteiger partial charge in [-0.25, -0.2) is 18.9 Å². The van der Waals surface area contributed by atoms with Crippen molar-refractivity contribution in [1.29, 1.82) is 0 Å². The Bertz CT molecular complexity index is 654. The zero-order valence-corrected chi connectivity index (χ0v) is 11.8. The minimum absolute atomic E-state index is 0.0387. The molecule has 2 heterocycles. The number of benzene rings is 1. The van der Waals surface area contributed by atoms with E-state index in [1.807, 2.05) is 0 Å². The predicted molar refractivity (Wildman–Crippen MR) is 75.7 cm³/mol. The predicted octanol–water partition coefficient (Wildman–Crippen LogP) is 2.21. The van der Waals surface area contributed by atoms with Gasteiger partial charge in [-0.05, 0) is 24.6 Å². The van der Waals surface area contributed by atoms with E-state index in [9.17, 15) is 9.18 Å². The van der Waals surface area contributed by atoms with E-state index in [1.165, 1.54) is 24.5 Å². The lowest BCUT2D eigenvalue weighted by Gasteiger charge is -2.23. The van der Waals surface area contributed by atoms with Gasteiger partial charge in [-0.3, -0.25) is 0 Å². The van der Waals surface area contributed by atoms with Crippen molar-refractivity contribution in [3.8, 4) is 0 Å². The molecule has 1 atom stereocenters. The first kappa shape index (κ1) is 13.8. The summed E-state index contributed by atoms with van der Waals surface area (Å²) in [7, 11) is 0. The molecular weight excluding hydrogens is 297 g/mol. The van der Waals surface area contributed by atoms with Gasteiger partial charge in [0.05, 0.1) is 12.6 Å². The average Bonchev–Trinajstić information content (AvgIpc) is 2.84. The van der Waals surface area contributed by atoms with Crippen LogP contribution in [-0.2, 0) is 13.0 Å². The van der Waals surface area contributed by atoms with E-state index >= 15 is 0 Å². The second-order valence-corrected chi connectivity index (χ2v) is 5.29. The van der Waals surface area contributed by atoms with Crippen LogP contribution in [-0.4, -0.2) is 26.8 Å². The Morgan fingerprint density at radius 1 is 1.43 bits per heavy atom. The van der Waals surface area contributed by atoms with Crippen LogP contribution in [0.4, 0.5) is 14.9 Å². The van der Waals surface area contributed by atoms with Crippen molar-refractivity contribution in [2.75, 3.05) is 5.32 Å². The van der Waals surface area contributed by atoms with Gasteiger partial charge in [-0.1, -0.05) is 11.6 Å². The lowest BCUT2D eigenvalue weighted by Crippen LogP contribution is -2.43. The first-order valence-electron chi connectivity index (χ1n) is 6.50. The largest absolute Gasteiger partial charge is 0.333 e. The Kier molecular flexibility index (Phi) is 3.74. The molecule has 1 aliphatic heterocycles. The van der Waals surface area contributed by atoms with E-state index in [0.29, 0.717) is 12.2 Å². The van der Waals surface area contributed by atoms with Crippen molar-refractivity contribution in [2.45, 2.75) is 25.4 Å². The fourth-order valence-electron chi connectivity index (χ4n) is 2.33. The zero-order chi connectivity index (χ0) is 14.8. The molecule has 0 fully saturated rings. The monoisotopic (exact) mass is 309 g/mol. The smallest absolute Gasteiger partial charge is 0.319 e. The van der Waals surface area contributed by atoms with Crippen LogP contribution in [0.3, 0.4) is 0 Å². The topological polar surface area (TPSA) is 71.8 Å². The summed E-state index contributed by atoms with van der Waals surface area (Å²) in [5, 5.41) is 9.72. The van der Waals surface area contributed by atoms with E-state index in [-0.39, 0.29) is 11.1 Å². The molecule has 1 aromatic carbocycles. The summed E-state index contributed by atoms with van der Waals surface area (Å²) in [4.78, 5) is 16.0. The molecular formula is C13H13ClFN5O. The highest BCUT2D eigenvalue weighted by atomic mass is 35.5. The van der Waals surface area contributed by atoms with Crippen molar-refractivity contribution in [3.63, 3.8) is 0 Å². The number of carbonyl (C=O) groups excluding carboxylic acids is 1. The lowest BCUT2D eigenvalue weighted by molar-refractivity contribution is 0.243. The standard InChI is InChI=1S/C13H13ClFN5O/c14-8-3-9(15)5-11(4-8)19-13(21)18-10-1-2-12-16-7-17-20(12)6-10/h3-5,7,10H,1-2,6H2,(H2,18,19,21). The number of aryl methyl sites for hydroxylation is 1. The van der Waals surface area contributed by atoms with E-state index in [1.54, 1.807) is 4.68 Å². The van der Waals surface area contributed by atoms with Crippen LogP contribution in [0.1, 0.15) is 12.2 Å². The lowest BCUT2D eigenvalue weighted by atomic mass is 10.1. The van der Waals surface area contributed by atoms with Gasteiger partial charge in [0.25, 0.3) is 0 Å². The van der Waals surface area contributed by atoms with Crippen molar-refractivity contribution >= 4 is 23.3 Å². The van der Waals surface area contributed by atoms with Gasteiger partial charge in [0.1, 0.15) is 18.0 Å². The number of halogens is 2. The van der Waals surface area contributed by atoms with Crippen LogP contribution in [0.2, 0.25) is 5.02 Å².